The predicted octanol–water partition coefficient (Wildman–Crippen LogP) is 2.91. The Kier molecular flexibility index (Phi) is 7.46. The van der Waals surface area contributed by atoms with Gasteiger partial charge < -0.3 is 10.1 Å². The van der Waals surface area contributed by atoms with E-state index in [1.54, 1.807) is 0 Å². The average Bonchev–Trinajstić information content (AvgIpc) is 2.30. The average molecular weight is 275 g/mol. The van der Waals surface area contributed by atoms with Gasteiger partial charge in [0.25, 0.3) is 5.69 Å². The van der Waals surface area contributed by atoms with E-state index in [9.17, 15) is 14.9 Å². The number of carbonyl (C=O) groups excluding carboxylic acids is 1. The van der Waals surface area contributed by atoms with Crippen LogP contribution < -0.4 is 10.1 Å². The molecule has 0 unspecified atom stereocenters. The highest BCUT2D eigenvalue weighted by molar-refractivity contribution is 5.85. The van der Waals surface area contributed by atoms with Crippen LogP contribution in [0.4, 0.5) is 10.5 Å². The van der Waals surface area contributed by atoms with Gasteiger partial charge in [0.1, 0.15) is 5.75 Å². The maximum absolute atomic E-state index is 11.2. The fourth-order valence-electron chi connectivity index (χ4n) is 1.15. The van der Waals surface area contributed by atoms with Gasteiger partial charge in [0, 0.05) is 18.7 Å². The Balaban J connectivity index is 0.00000289. The van der Waals surface area contributed by atoms with E-state index in [0.29, 0.717) is 6.54 Å². The third kappa shape index (κ3) is 5.49. The van der Waals surface area contributed by atoms with Crippen molar-refractivity contribution in [1.82, 2.24) is 5.32 Å². The number of hydrogen-bond acceptors (Lipinski definition) is 4. The van der Waals surface area contributed by atoms with Crippen LogP contribution in [0.3, 0.4) is 0 Å². The van der Waals surface area contributed by atoms with Crippen molar-refractivity contribution in [2.45, 2.75) is 19.8 Å². The Labute approximate surface area is 111 Å². The number of nitro groups is 1. The number of nitro benzene ring substituents is 1. The van der Waals surface area contributed by atoms with Gasteiger partial charge >= 0.3 is 6.09 Å². The van der Waals surface area contributed by atoms with Crippen molar-refractivity contribution < 1.29 is 14.5 Å². The number of ether oxygens (including phenoxy) is 1. The molecule has 0 aliphatic rings. The summed E-state index contributed by atoms with van der Waals surface area (Å²) in [6.45, 7) is 2.58. The zero-order valence-electron chi connectivity index (χ0n) is 9.92. The van der Waals surface area contributed by atoms with Crippen molar-refractivity contribution in [1.29, 1.82) is 0 Å². The highest BCUT2D eigenvalue weighted by atomic mass is 35.5. The number of hydrogen-bond donors (Lipinski definition) is 1. The Bertz CT molecular complexity index is 395. The van der Waals surface area contributed by atoms with E-state index in [1.165, 1.54) is 24.3 Å². The largest absolute Gasteiger partial charge is 0.412 e. The van der Waals surface area contributed by atoms with Crippen LogP contribution in [0.1, 0.15) is 19.8 Å². The number of non-ortho nitro benzene ring substituents is 1. The molecule has 0 spiro atoms. The van der Waals surface area contributed by atoms with Crippen molar-refractivity contribution >= 4 is 24.2 Å². The quantitative estimate of drug-likeness (QED) is 0.508. The first-order valence-electron chi connectivity index (χ1n) is 5.33. The Hall–Kier alpha value is -1.82. The van der Waals surface area contributed by atoms with Gasteiger partial charge in [-0.05, 0) is 18.6 Å². The number of benzene rings is 1. The van der Waals surface area contributed by atoms with E-state index in [-0.39, 0.29) is 23.8 Å². The lowest BCUT2D eigenvalue weighted by Crippen LogP contribution is -2.27. The van der Waals surface area contributed by atoms with Gasteiger partial charge in [-0.2, -0.15) is 0 Å². The van der Waals surface area contributed by atoms with Gasteiger partial charge in [-0.3, -0.25) is 10.1 Å². The summed E-state index contributed by atoms with van der Waals surface area (Å²) in [6.07, 6.45) is 1.32. The lowest BCUT2D eigenvalue weighted by atomic mass is 10.3. The van der Waals surface area contributed by atoms with Crippen LogP contribution in [0.15, 0.2) is 24.3 Å². The summed E-state index contributed by atoms with van der Waals surface area (Å²) >= 11 is 0. The molecule has 0 aromatic heterocycles. The molecule has 0 bridgehead atoms. The molecule has 0 heterocycles. The van der Waals surface area contributed by atoms with Crippen LogP contribution in [0.5, 0.6) is 5.75 Å². The van der Waals surface area contributed by atoms with Crippen LogP contribution in [0.2, 0.25) is 0 Å². The SMILES string of the molecule is CCCCNC(=O)Oc1ccc([N+](=O)[O-])cc1.Cl. The lowest BCUT2D eigenvalue weighted by molar-refractivity contribution is -0.384. The van der Waals surface area contributed by atoms with E-state index in [1.807, 2.05) is 6.92 Å². The Morgan fingerprint density at radius 2 is 2.00 bits per heavy atom. The molecule has 0 aliphatic heterocycles. The van der Waals surface area contributed by atoms with Crippen molar-refractivity contribution in [3.8, 4) is 5.75 Å². The van der Waals surface area contributed by atoms with E-state index in [2.05, 4.69) is 5.32 Å². The minimum Gasteiger partial charge on any atom is -0.410 e. The maximum Gasteiger partial charge on any atom is 0.412 e. The standard InChI is InChI=1S/C11H14N2O4.ClH/c1-2-3-8-12-11(14)17-10-6-4-9(5-7-10)13(15)16;/h4-7H,2-3,8H2,1H3,(H,12,14);1H. The summed E-state index contributed by atoms with van der Waals surface area (Å²) in [4.78, 5) is 21.1. The number of halogens is 1. The second-order valence-corrected chi connectivity index (χ2v) is 3.42. The topological polar surface area (TPSA) is 81.5 Å². The first kappa shape index (κ1) is 16.2. The van der Waals surface area contributed by atoms with Crippen LogP contribution in [-0.4, -0.2) is 17.6 Å². The number of nitrogens with one attached hydrogen (secondary N) is 1. The summed E-state index contributed by atoms with van der Waals surface area (Å²) in [5, 5.41) is 13.0. The van der Waals surface area contributed by atoms with Gasteiger partial charge in [-0.15, -0.1) is 12.4 Å². The molecular weight excluding hydrogens is 260 g/mol. The Morgan fingerprint density at radius 3 is 2.50 bits per heavy atom. The molecule has 1 rings (SSSR count). The number of rotatable bonds is 5. The fraction of sp³-hybridized carbons (Fsp3) is 0.364. The van der Waals surface area contributed by atoms with E-state index < -0.39 is 11.0 Å². The number of carbonyl (C=O) groups is 1. The van der Waals surface area contributed by atoms with Gasteiger partial charge in [-0.25, -0.2) is 4.79 Å². The highest BCUT2D eigenvalue weighted by Gasteiger charge is 2.07. The van der Waals surface area contributed by atoms with Crippen molar-refractivity contribution in [2.75, 3.05) is 6.54 Å². The molecule has 0 radical (unpaired) electrons. The first-order valence-corrected chi connectivity index (χ1v) is 5.33. The second kappa shape index (κ2) is 8.30. The van der Waals surface area contributed by atoms with Crippen molar-refractivity contribution in [3.05, 3.63) is 34.4 Å². The zero-order chi connectivity index (χ0) is 12.7. The molecule has 18 heavy (non-hydrogen) atoms. The number of unbranched alkanes of at least 4 members (excludes halogenated alkanes) is 1. The minimum atomic E-state index is -0.549. The van der Waals surface area contributed by atoms with Crippen LogP contribution in [0.25, 0.3) is 0 Å². The van der Waals surface area contributed by atoms with E-state index >= 15 is 0 Å². The third-order valence-corrected chi connectivity index (χ3v) is 2.06. The van der Waals surface area contributed by atoms with Crippen LogP contribution >= 0.6 is 12.4 Å². The predicted molar refractivity (Wildman–Crippen MR) is 69.3 cm³/mol. The molecule has 1 N–H and O–H groups in total. The minimum absolute atomic E-state index is 0. The van der Waals surface area contributed by atoms with Gasteiger partial charge in [0.15, 0.2) is 0 Å². The summed E-state index contributed by atoms with van der Waals surface area (Å²) in [6, 6.07) is 5.35. The molecule has 0 aliphatic carbocycles. The summed E-state index contributed by atoms with van der Waals surface area (Å²) in [5.41, 5.74) is -0.0382. The third-order valence-electron chi connectivity index (χ3n) is 2.06. The molecule has 1 aromatic carbocycles. The van der Waals surface area contributed by atoms with Gasteiger partial charge in [0.2, 0.25) is 0 Å². The molecule has 100 valence electrons. The normalized spacial score (nSPS) is 9.17. The maximum atomic E-state index is 11.2. The molecule has 0 fully saturated rings. The second-order valence-electron chi connectivity index (χ2n) is 3.42. The number of amides is 1. The summed E-state index contributed by atoms with van der Waals surface area (Å²) in [5.74, 6) is 0.282. The first-order chi connectivity index (χ1) is 8.13. The summed E-state index contributed by atoms with van der Waals surface area (Å²) < 4.78 is 4.92. The molecule has 1 amide bonds. The van der Waals surface area contributed by atoms with Crippen LogP contribution in [-0.2, 0) is 0 Å². The van der Waals surface area contributed by atoms with Crippen LogP contribution in [0, 0.1) is 10.1 Å². The fourth-order valence-corrected chi connectivity index (χ4v) is 1.15. The molecule has 0 saturated heterocycles. The van der Waals surface area contributed by atoms with Gasteiger partial charge in [0.05, 0.1) is 4.92 Å². The Morgan fingerprint density at radius 1 is 1.39 bits per heavy atom. The highest BCUT2D eigenvalue weighted by Crippen LogP contribution is 2.17. The molecule has 7 heteroatoms. The zero-order valence-corrected chi connectivity index (χ0v) is 10.7. The summed E-state index contributed by atoms with van der Waals surface area (Å²) in [7, 11) is 0. The molecular formula is C11H15ClN2O4. The molecule has 6 nitrogen and oxygen atoms in total. The van der Waals surface area contributed by atoms with E-state index in [0.717, 1.165) is 12.8 Å². The molecule has 0 atom stereocenters. The van der Waals surface area contributed by atoms with Gasteiger partial charge in [-0.1, -0.05) is 13.3 Å². The number of nitrogens with zero attached hydrogens (tertiary/aromatic N) is 1. The van der Waals surface area contributed by atoms with Crippen molar-refractivity contribution in [3.63, 3.8) is 0 Å². The smallest absolute Gasteiger partial charge is 0.410 e. The monoisotopic (exact) mass is 274 g/mol. The lowest BCUT2D eigenvalue weighted by Gasteiger charge is -2.05. The van der Waals surface area contributed by atoms with E-state index in [4.69, 9.17) is 4.74 Å². The molecule has 1 aromatic rings. The molecule has 0 saturated carbocycles. The van der Waals surface area contributed by atoms with Crippen molar-refractivity contribution in [2.24, 2.45) is 0 Å².